The van der Waals surface area contributed by atoms with Crippen LogP contribution >= 0.6 is 15.9 Å². The summed E-state index contributed by atoms with van der Waals surface area (Å²) in [6, 6.07) is 13.3. The summed E-state index contributed by atoms with van der Waals surface area (Å²) >= 11 is 3.42. The Bertz CT molecular complexity index is 729. The van der Waals surface area contributed by atoms with Crippen LogP contribution in [0, 0.1) is 13.8 Å². The number of amides is 2. The van der Waals surface area contributed by atoms with Crippen LogP contribution in [0.4, 0.5) is 5.69 Å². The van der Waals surface area contributed by atoms with Gasteiger partial charge in [0.15, 0.2) is 0 Å². The predicted molar refractivity (Wildman–Crippen MR) is 95.4 cm³/mol. The van der Waals surface area contributed by atoms with Gasteiger partial charge in [-0.15, -0.1) is 0 Å². The van der Waals surface area contributed by atoms with Gasteiger partial charge >= 0.3 is 0 Å². The fraction of sp³-hybridized carbons (Fsp3) is 0.222. The third-order valence-electron chi connectivity index (χ3n) is 3.35. The van der Waals surface area contributed by atoms with Crippen LogP contribution < -0.4 is 10.6 Å². The van der Waals surface area contributed by atoms with Gasteiger partial charge in [0.1, 0.15) is 0 Å². The molecule has 23 heavy (non-hydrogen) atoms. The van der Waals surface area contributed by atoms with Crippen LogP contribution in [0.5, 0.6) is 0 Å². The van der Waals surface area contributed by atoms with Gasteiger partial charge in [0.05, 0.1) is 13.0 Å². The summed E-state index contributed by atoms with van der Waals surface area (Å²) in [4.78, 5) is 23.8. The Labute approximate surface area is 144 Å². The molecule has 0 unspecified atom stereocenters. The van der Waals surface area contributed by atoms with Crippen LogP contribution in [-0.2, 0) is 16.0 Å². The monoisotopic (exact) mass is 374 g/mol. The maximum absolute atomic E-state index is 11.9. The highest BCUT2D eigenvalue weighted by Gasteiger charge is 2.07. The molecule has 0 aliphatic carbocycles. The summed E-state index contributed by atoms with van der Waals surface area (Å²) < 4.78 is 0.929. The highest BCUT2D eigenvalue weighted by Crippen LogP contribution is 2.20. The Morgan fingerprint density at radius 3 is 2.52 bits per heavy atom. The lowest BCUT2D eigenvalue weighted by Crippen LogP contribution is -2.33. The smallest absolute Gasteiger partial charge is 0.243 e. The number of rotatable bonds is 5. The van der Waals surface area contributed by atoms with Gasteiger partial charge in [-0.2, -0.15) is 0 Å². The van der Waals surface area contributed by atoms with E-state index in [1.165, 1.54) is 0 Å². The molecule has 2 rings (SSSR count). The molecule has 0 radical (unpaired) electrons. The van der Waals surface area contributed by atoms with E-state index in [0.29, 0.717) is 5.69 Å². The Balaban J connectivity index is 1.81. The maximum atomic E-state index is 11.9. The van der Waals surface area contributed by atoms with Gasteiger partial charge in [-0.3, -0.25) is 9.59 Å². The van der Waals surface area contributed by atoms with Gasteiger partial charge in [-0.05, 0) is 37.1 Å². The molecule has 0 saturated carbocycles. The third kappa shape index (κ3) is 5.53. The zero-order valence-corrected chi connectivity index (χ0v) is 14.7. The first-order valence-electron chi connectivity index (χ1n) is 7.32. The van der Waals surface area contributed by atoms with Crippen LogP contribution in [0.15, 0.2) is 46.9 Å². The zero-order chi connectivity index (χ0) is 16.8. The van der Waals surface area contributed by atoms with Crippen molar-refractivity contribution in [3.05, 3.63) is 63.6 Å². The van der Waals surface area contributed by atoms with Crippen LogP contribution in [0.3, 0.4) is 0 Å². The number of nitrogens with one attached hydrogen (secondary N) is 2. The Morgan fingerprint density at radius 1 is 1.04 bits per heavy atom. The minimum atomic E-state index is -0.252. The van der Waals surface area contributed by atoms with Crippen molar-refractivity contribution in [2.24, 2.45) is 0 Å². The lowest BCUT2D eigenvalue weighted by Gasteiger charge is -2.08. The van der Waals surface area contributed by atoms with Gasteiger partial charge in [-0.1, -0.05) is 51.8 Å². The van der Waals surface area contributed by atoms with Gasteiger partial charge in [0.2, 0.25) is 11.8 Å². The molecule has 0 heterocycles. The first-order chi connectivity index (χ1) is 10.9. The van der Waals surface area contributed by atoms with Crippen LogP contribution in [-0.4, -0.2) is 18.4 Å². The number of hydrogen-bond donors (Lipinski definition) is 2. The van der Waals surface area contributed by atoms with Crippen molar-refractivity contribution in [1.82, 2.24) is 5.32 Å². The normalized spacial score (nSPS) is 10.2. The Kier molecular flexibility index (Phi) is 5.93. The van der Waals surface area contributed by atoms with Crippen molar-refractivity contribution >= 4 is 33.4 Å². The average Bonchev–Trinajstić information content (AvgIpc) is 2.49. The number of hydrogen-bond acceptors (Lipinski definition) is 2. The molecule has 0 aliphatic rings. The standard InChI is InChI=1S/C18H19BrN2O2/c1-12-4-3-5-14(8-12)9-17(22)20-11-18(23)21-15-7-6-13(2)16(19)10-15/h3-8,10H,9,11H2,1-2H3,(H,20,22)(H,21,23). The van der Waals surface area contributed by atoms with Gasteiger partial charge < -0.3 is 10.6 Å². The van der Waals surface area contributed by atoms with E-state index in [2.05, 4.69) is 26.6 Å². The van der Waals surface area contributed by atoms with Gasteiger partial charge in [-0.25, -0.2) is 0 Å². The summed E-state index contributed by atoms with van der Waals surface area (Å²) in [7, 11) is 0. The summed E-state index contributed by atoms with van der Waals surface area (Å²) in [5.41, 5.74) is 3.83. The van der Waals surface area contributed by atoms with Crippen molar-refractivity contribution in [1.29, 1.82) is 0 Å². The second-order valence-corrected chi connectivity index (χ2v) is 6.31. The number of carbonyl (C=O) groups excluding carboxylic acids is 2. The van der Waals surface area contributed by atoms with Crippen molar-refractivity contribution in [2.75, 3.05) is 11.9 Å². The Hall–Kier alpha value is -2.14. The van der Waals surface area contributed by atoms with Crippen molar-refractivity contribution in [3.63, 3.8) is 0 Å². The van der Waals surface area contributed by atoms with Crippen LogP contribution in [0.25, 0.3) is 0 Å². The van der Waals surface area contributed by atoms with Crippen molar-refractivity contribution in [2.45, 2.75) is 20.3 Å². The fourth-order valence-corrected chi connectivity index (χ4v) is 2.50. The zero-order valence-electron chi connectivity index (χ0n) is 13.2. The molecule has 2 aromatic rings. The highest BCUT2D eigenvalue weighted by atomic mass is 79.9. The lowest BCUT2D eigenvalue weighted by atomic mass is 10.1. The average molecular weight is 375 g/mol. The minimum Gasteiger partial charge on any atom is -0.347 e. The highest BCUT2D eigenvalue weighted by molar-refractivity contribution is 9.10. The van der Waals surface area contributed by atoms with E-state index >= 15 is 0 Å². The number of halogens is 1. The molecule has 0 spiro atoms. The second kappa shape index (κ2) is 7.92. The summed E-state index contributed by atoms with van der Waals surface area (Å²) in [6.45, 7) is 3.91. The van der Waals surface area contributed by atoms with E-state index in [0.717, 1.165) is 21.2 Å². The van der Waals surface area contributed by atoms with Gasteiger partial charge in [0, 0.05) is 10.2 Å². The van der Waals surface area contributed by atoms with Crippen molar-refractivity contribution < 1.29 is 9.59 Å². The minimum absolute atomic E-state index is 0.0455. The third-order valence-corrected chi connectivity index (χ3v) is 4.20. The van der Waals surface area contributed by atoms with Crippen LogP contribution in [0.1, 0.15) is 16.7 Å². The molecular formula is C18H19BrN2O2. The largest absolute Gasteiger partial charge is 0.347 e. The molecular weight excluding hydrogens is 356 g/mol. The molecule has 0 aliphatic heterocycles. The molecule has 0 aromatic heterocycles. The molecule has 2 aromatic carbocycles. The molecule has 0 bridgehead atoms. The van der Waals surface area contributed by atoms with E-state index in [1.807, 2.05) is 56.3 Å². The van der Waals surface area contributed by atoms with Gasteiger partial charge in [0.25, 0.3) is 0 Å². The van der Waals surface area contributed by atoms with E-state index in [-0.39, 0.29) is 24.8 Å². The number of benzene rings is 2. The number of carbonyl (C=O) groups is 2. The lowest BCUT2D eigenvalue weighted by molar-refractivity contribution is -0.123. The SMILES string of the molecule is Cc1cccc(CC(=O)NCC(=O)Nc2ccc(C)c(Br)c2)c1. The molecule has 4 nitrogen and oxygen atoms in total. The predicted octanol–water partition coefficient (Wildman–Crippen LogP) is 3.36. The Morgan fingerprint density at radius 2 is 1.83 bits per heavy atom. The molecule has 120 valence electrons. The van der Waals surface area contributed by atoms with Crippen LogP contribution in [0.2, 0.25) is 0 Å². The van der Waals surface area contributed by atoms with E-state index < -0.39 is 0 Å². The number of aryl methyl sites for hydroxylation is 2. The second-order valence-electron chi connectivity index (χ2n) is 5.45. The molecule has 2 amide bonds. The van der Waals surface area contributed by atoms with E-state index in [4.69, 9.17) is 0 Å². The van der Waals surface area contributed by atoms with E-state index in [1.54, 1.807) is 0 Å². The summed E-state index contributed by atoms with van der Waals surface area (Å²) in [5.74, 6) is -0.422. The van der Waals surface area contributed by atoms with Crippen molar-refractivity contribution in [3.8, 4) is 0 Å². The molecule has 2 N–H and O–H groups in total. The molecule has 0 fully saturated rings. The molecule has 5 heteroatoms. The summed E-state index contributed by atoms with van der Waals surface area (Å²) in [5, 5.41) is 5.39. The maximum Gasteiger partial charge on any atom is 0.243 e. The molecule has 0 atom stereocenters. The quantitative estimate of drug-likeness (QED) is 0.842. The summed E-state index contributed by atoms with van der Waals surface area (Å²) in [6.07, 6.45) is 0.269. The number of anilines is 1. The molecule has 0 saturated heterocycles. The topological polar surface area (TPSA) is 58.2 Å². The first kappa shape index (κ1) is 17.2. The van der Waals surface area contributed by atoms with E-state index in [9.17, 15) is 9.59 Å². The first-order valence-corrected chi connectivity index (χ1v) is 8.11. The fourth-order valence-electron chi connectivity index (χ4n) is 2.12.